The van der Waals surface area contributed by atoms with E-state index in [9.17, 15) is 5.11 Å². The molecule has 0 radical (unpaired) electrons. The van der Waals surface area contributed by atoms with Crippen LogP contribution >= 0.6 is 0 Å². The molecular formula is C30H52O. The first-order chi connectivity index (χ1) is 14.3. The van der Waals surface area contributed by atoms with Crippen molar-refractivity contribution < 1.29 is 5.11 Å². The molecule has 0 aromatic heterocycles. The van der Waals surface area contributed by atoms with Gasteiger partial charge in [-0.25, -0.2) is 0 Å². The quantitative estimate of drug-likeness (QED) is 0.412. The van der Waals surface area contributed by atoms with Crippen molar-refractivity contribution in [3.05, 3.63) is 0 Å². The van der Waals surface area contributed by atoms with Crippen LogP contribution in [-0.2, 0) is 0 Å². The van der Waals surface area contributed by atoms with Gasteiger partial charge in [0.25, 0.3) is 0 Å². The monoisotopic (exact) mass is 428 g/mol. The lowest BCUT2D eigenvalue weighted by molar-refractivity contribution is -0.173. The average molecular weight is 429 g/mol. The number of hydrogen-bond acceptors (Lipinski definition) is 1. The predicted octanol–water partition coefficient (Wildman–Crippen LogP) is 8.25. The summed E-state index contributed by atoms with van der Waals surface area (Å²) < 4.78 is 0. The standard InChI is InChI=1S/C30H52O/c1-26(2)15-8-16-29(6)21-10-12-24-28(5,19-20(21)9-11-22(26)29)17-13-23-27(3,4)25(31)14-18-30(23,24)7/h20-25,31H,8-19H2,1-7H3/t20-,21+,22+,23+,24+,25-,28+,29-,30+/m1/s1. The van der Waals surface area contributed by atoms with Crippen LogP contribution in [0, 0.1) is 56.7 Å². The van der Waals surface area contributed by atoms with Gasteiger partial charge in [0.15, 0.2) is 0 Å². The zero-order chi connectivity index (χ0) is 22.4. The van der Waals surface area contributed by atoms with Crippen molar-refractivity contribution in [2.45, 2.75) is 132 Å². The van der Waals surface area contributed by atoms with Gasteiger partial charge in [0, 0.05) is 0 Å². The second-order valence-electron chi connectivity index (χ2n) is 15.3. The summed E-state index contributed by atoms with van der Waals surface area (Å²) in [5, 5.41) is 10.9. The van der Waals surface area contributed by atoms with Crippen LogP contribution < -0.4 is 0 Å². The van der Waals surface area contributed by atoms with Crippen LogP contribution in [-0.4, -0.2) is 11.2 Å². The zero-order valence-corrected chi connectivity index (χ0v) is 21.9. The van der Waals surface area contributed by atoms with E-state index in [1.54, 1.807) is 0 Å². The first-order valence-electron chi connectivity index (χ1n) is 14.0. The van der Waals surface area contributed by atoms with Crippen molar-refractivity contribution in [2.24, 2.45) is 56.7 Å². The van der Waals surface area contributed by atoms with Gasteiger partial charge in [-0.3, -0.25) is 0 Å². The van der Waals surface area contributed by atoms with Gasteiger partial charge >= 0.3 is 0 Å². The third-order valence-electron chi connectivity index (χ3n) is 13.2. The van der Waals surface area contributed by atoms with Gasteiger partial charge in [0.2, 0.25) is 0 Å². The minimum Gasteiger partial charge on any atom is -0.393 e. The molecule has 5 aliphatic carbocycles. The highest BCUT2D eigenvalue weighted by Crippen LogP contribution is 2.71. The summed E-state index contributed by atoms with van der Waals surface area (Å²) in [6.45, 7) is 18.1. The smallest absolute Gasteiger partial charge is 0.0594 e. The zero-order valence-electron chi connectivity index (χ0n) is 21.9. The van der Waals surface area contributed by atoms with Crippen molar-refractivity contribution in [1.82, 2.24) is 0 Å². The molecule has 0 aromatic carbocycles. The first-order valence-corrected chi connectivity index (χ1v) is 14.0. The molecule has 0 aliphatic heterocycles. The molecule has 0 amide bonds. The molecule has 5 aliphatic rings. The molecule has 0 spiro atoms. The van der Waals surface area contributed by atoms with Crippen LogP contribution in [0.25, 0.3) is 0 Å². The Bertz CT molecular complexity index is 707. The highest BCUT2D eigenvalue weighted by molar-refractivity contribution is 5.12. The Morgan fingerprint density at radius 2 is 1.32 bits per heavy atom. The average Bonchev–Trinajstić information content (AvgIpc) is 2.81. The Hall–Kier alpha value is -0.0400. The number of rotatable bonds is 0. The Morgan fingerprint density at radius 1 is 0.613 bits per heavy atom. The van der Waals surface area contributed by atoms with Crippen LogP contribution in [0.2, 0.25) is 0 Å². The molecule has 0 aromatic rings. The molecule has 9 atom stereocenters. The molecule has 0 heterocycles. The molecule has 178 valence electrons. The van der Waals surface area contributed by atoms with E-state index >= 15 is 0 Å². The molecule has 1 N–H and O–H groups in total. The van der Waals surface area contributed by atoms with E-state index < -0.39 is 0 Å². The molecule has 0 unspecified atom stereocenters. The fourth-order valence-electron chi connectivity index (χ4n) is 11.8. The minimum absolute atomic E-state index is 0.0812. The Morgan fingerprint density at radius 3 is 2.06 bits per heavy atom. The molecule has 31 heavy (non-hydrogen) atoms. The summed E-state index contributed by atoms with van der Waals surface area (Å²) in [6, 6.07) is 0. The third kappa shape index (κ3) is 3.10. The van der Waals surface area contributed by atoms with Gasteiger partial charge in [-0.1, -0.05) is 54.9 Å². The number of hydrogen-bond donors (Lipinski definition) is 1. The van der Waals surface area contributed by atoms with Crippen LogP contribution in [0.3, 0.4) is 0 Å². The summed E-state index contributed by atoms with van der Waals surface area (Å²) in [5.41, 5.74) is 2.15. The number of aliphatic hydroxyl groups is 1. The highest BCUT2D eigenvalue weighted by Gasteiger charge is 2.63. The fraction of sp³-hybridized carbons (Fsp3) is 1.00. The van der Waals surface area contributed by atoms with E-state index in [0.29, 0.717) is 27.6 Å². The molecule has 0 saturated heterocycles. The van der Waals surface area contributed by atoms with Gasteiger partial charge < -0.3 is 5.11 Å². The van der Waals surface area contributed by atoms with Crippen molar-refractivity contribution >= 4 is 0 Å². The molecule has 5 rings (SSSR count). The van der Waals surface area contributed by atoms with E-state index in [4.69, 9.17) is 0 Å². The lowest BCUT2D eigenvalue weighted by atomic mass is 9.42. The summed E-state index contributed by atoms with van der Waals surface area (Å²) >= 11 is 0. The normalized spacial score (nSPS) is 55.7. The van der Waals surface area contributed by atoms with Crippen LogP contribution in [0.4, 0.5) is 0 Å². The van der Waals surface area contributed by atoms with E-state index in [0.717, 1.165) is 30.1 Å². The molecule has 5 saturated carbocycles. The molecular weight excluding hydrogens is 376 g/mol. The van der Waals surface area contributed by atoms with Crippen molar-refractivity contribution in [2.75, 3.05) is 0 Å². The van der Waals surface area contributed by atoms with E-state index in [1.807, 2.05) is 0 Å². The van der Waals surface area contributed by atoms with E-state index in [-0.39, 0.29) is 11.5 Å². The van der Waals surface area contributed by atoms with Crippen LogP contribution in [0.1, 0.15) is 126 Å². The van der Waals surface area contributed by atoms with Gasteiger partial charge in [-0.2, -0.15) is 0 Å². The predicted molar refractivity (Wildman–Crippen MR) is 131 cm³/mol. The van der Waals surface area contributed by atoms with Gasteiger partial charge in [0.05, 0.1) is 6.10 Å². The van der Waals surface area contributed by atoms with Crippen molar-refractivity contribution in [3.8, 4) is 0 Å². The fourth-order valence-corrected chi connectivity index (χ4v) is 11.8. The highest BCUT2D eigenvalue weighted by atomic mass is 16.3. The maximum atomic E-state index is 10.9. The summed E-state index contributed by atoms with van der Waals surface area (Å²) in [4.78, 5) is 0. The SMILES string of the molecule is CC1(C)CCC[C@]2(C)[C@H]3CC[C@H]4[C@@](C)(CC[C@H]5C(C)(C)[C@H](O)CC[C@@]54C)C[C@H]3CC[C@@H]12. The Kier molecular flexibility index (Phi) is 5.13. The molecule has 1 nitrogen and oxygen atoms in total. The van der Waals surface area contributed by atoms with Crippen LogP contribution in [0.15, 0.2) is 0 Å². The first kappa shape index (κ1) is 22.7. The maximum absolute atomic E-state index is 10.9. The topological polar surface area (TPSA) is 20.2 Å². The Balaban J connectivity index is 1.48. The second kappa shape index (κ2) is 6.99. The summed E-state index contributed by atoms with van der Waals surface area (Å²) in [7, 11) is 0. The van der Waals surface area contributed by atoms with Gasteiger partial charge in [-0.15, -0.1) is 0 Å². The number of aliphatic hydroxyl groups excluding tert-OH is 1. The van der Waals surface area contributed by atoms with Crippen molar-refractivity contribution in [3.63, 3.8) is 0 Å². The minimum atomic E-state index is -0.104. The maximum Gasteiger partial charge on any atom is 0.0594 e. The third-order valence-corrected chi connectivity index (χ3v) is 13.2. The lowest BCUT2D eigenvalue weighted by Crippen LogP contribution is -2.58. The molecule has 0 bridgehead atoms. The number of fused-ring (bicyclic) bond motifs is 6. The molecule has 1 heteroatoms. The van der Waals surface area contributed by atoms with E-state index in [2.05, 4.69) is 48.5 Å². The Labute approximate surface area is 193 Å². The van der Waals surface area contributed by atoms with E-state index in [1.165, 1.54) is 70.6 Å². The molecule has 5 fully saturated rings. The van der Waals surface area contributed by atoms with Gasteiger partial charge in [0.1, 0.15) is 0 Å². The van der Waals surface area contributed by atoms with Crippen molar-refractivity contribution in [1.29, 1.82) is 0 Å². The summed E-state index contributed by atoms with van der Waals surface area (Å²) in [5.74, 6) is 4.41. The largest absolute Gasteiger partial charge is 0.393 e. The van der Waals surface area contributed by atoms with Crippen LogP contribution in [0.5, 0.6) is 0 Å². The summed E-state index contributed by atoms with van der Waals surface area (Å²) in [6.07, 6.45) is 16.7. The lowest BCUT2D eigenvalue weighted by Gasteiger charge is -2.64. The van der Waals surface area contributed by atoms with Gasteiger partial charge in [-0.05, 0) is 127 Å². The second-order valence-corrected chi connectivity index (χ2v) is 15.3.